The zero-order valence-electron chi connectivity index (χ0n) is 8.69. The Morgan fingerprint density at radius 3 is 2.56 bits per heavy atom. The molecule has 0 bridgehead atoms. The molecule has 7 heteroatoms. The van der Waals surface area contributed by atoms with Gasteiger partial charge in [-0.2, -0.15) is 5.26 Å². The van der Waals surface area contributed by atoms with Crippen LogP contribution in [0.15, 0.2) is 17.0 Å². The zero-order valence-corrected chi connectivity index (χ0v) is 9.50. The Balaban J connectivity index is 3.59. The highest BCUT2D eigenvalue weighted by Crippen LogP contribution is 2.27. The van der Waals surface area contributed by atoms with Gasteiger partial charge in [0.15, 0.2) is 0 Å². The lowest BCUT2D eigenvalue weighted by Gasteiger charge is -2.11. The number of rotatable bonds is 3. The van der Waals surface area contributed by atoms with Crippen LogP contribution in [0.3, 0.4) is 0 Å². The van der Waals surface area contributed by atoms with Gasteiger partial charge in [0, 0.05) is 6.54 Å². The molecule has 1 aromatic rings. The van der Waals surface area contributed by atoms with Crippen LogP contribution < -0.4 is 16.2 Å². The summed E-state index contributed by atoms with van der Waals surface area (Å²) >= 11 is 0. The number of benzene rings is 1. The summed E-state index contributed by atoms with van der Waals surface area (Å²) in [5.41, 5.74) is 5.84. The summed E-state index contributed by atoms with van der Waals surface area (Å²) in [6.07, 6.45) is 0. The maximum absolute atomic E-state index is 11.3. The molecule has 0 heterocycles. The maximum atomic E-state index is 11.3. The summed E-state index contributed by atoms with van der Waals surface area (Å²) in [5.74, 6) is 0. The van der Waals surface area contributed by atoms with Gasteiger partial charge in [-0.3, -0.25) is 0 Å². The molecular formula is C9H12N4O2S. The van der Waals surface area contributed by atoms with Gasteiger partial charge in [0.2, 0.25) is 10.0 Å². The first-order chi connectivity index (χ1) is 7.41. The van der Waals surface area contributed by atoms with Crippen LogP contribution in [0, 0.1) is 11.3 Å². The molecule has 0 aliphatic heterocycles. The molecule has 0 aliphatic carbocycles. The Labute approximate surface area is 93.9 Å². The van der Waals surface area contributed by atoms with Gasteiger partial charge in [-0.25, -0.2) is 13.6 Å². The molecule has 0 saturated carbocycles. The smallest absolute Gasteiger partial charge is 0.241 e. The van der Waals surface area contributed by atoms with Gasteiger partial charge < -0.3 is 11.1 Å². The van der Waals surface area contributed by atoms with Gasteiger partial charge in [0.05, 0.1) is 16.9 Å². The Morgan fingerprint density at radius 2 is 2.12 bits per heavy atom. The fourth-order valence-corrected chi connectivity index (χ4v) is 2.19. The van der Waals surface area contributed by atoms with E-state index < -0.39 is 10.0 Å². The molecular weight excluding hydrogens is 228 g/mol. The number of nitriles is 1. The zero-order chi connectivity index (χ0) is 12.3. The quantitative estimate of drug-likeness (QED) is 0.652. The minimum atomic E-state index is -4.00. The summed E-state index contributed by atoms with van der Waals surface area (Å²) in [5, 5.41) is 16.8. The third-order valence-corrected chi connectivity index (χ3v) is 2.96. The molecule has 0 atom stereocenters. The molecule has 0 amide bonds. The van der Waals surface area contributed by atoms with Crippen LogP contribution >= 0.6 is 0 Å². The highest BCUT2D eigenvalue weighted by atomic mass is 32.2. The summed E-state index contributed by atoms with van der Waals surface area (Å²) < 4.78 is 22.6. The lowest BCUT2D eigenvalue weighted by molar-refractivity contribution is 0.598. The lowest BCUT2D eigenvalue weighted by atomic mass is 10.1. The van der Waals surface area contributed by atoms with Crippen LogP contribution in [0.2, 0.25) is 0 Å². The third-order valence-electron chi connectivity index (χ3n) is 1.95. The first-order valence-electron chi connectivity index (χ1n) is 4.51. The number of nitrogens with one attached hydrogen (secondary N) is 1. The van der Waals surface area contributed by atoms with Crippen molar-refractivity contribution in [2.24, 2.45) is 5.14 Å². The standard InChI is InChI=1S/C9H12N4O2S/c1-2-13-8-4-3-7(11)9(6(8)5-10)16(12,14)15/h3-4,13H,2,11H2,1H3,(H2,12,14,15). The molecule has 16 heavy (non-hydrogen) atoms. The number of nitrogens with two attached hydrogens (primary N) is 2. The van der Waals surface area contributed by atoms with Crippen LogP contribution in [0.1, 0.15) is 12.5 Å². The molecule has 6 nitrogen and oxygen atoms in total. The van der Waals surface area contributed by atoms with E-state index in [1.54, 1.807) is 12.1 Å². The first-order valence-corrected chi connectivity index (χ1v) is 6.05. The molecule has 0 radical (unpaired) electrons. The van der Waals surface area contributed by atoms with Crippen molar-refractivity contribution in [3.8, 4) is 6.07 Å². The molecule has 86 valence electrons. The van der Waals surface area contributed by atoms with Gasteiger partial charge in [-0.1, -0.05) is 0 Å². The lowest BCUT2D eigenvalue weighted by Crippen LogP contribution is -2.17. The number of hydrogen-bond acceptors (Lipinski definition) is 5. The maximum Gasteiger partial charge on any atom is 0.241 e. The number of sulfonamides is 1. The molecule has 0 aromatic heterocycles. The Morgan fingerprint density at radius 1 is 1.50 bits per heavy atom. The molecule has 1 rings (SSSR count). The van der Waals surface area contributed by atoms with Crippen molar-refractivity contribution >= 4 is 21.4 Å². The summed E-state index contributed by atoms with van der Waals surface area (Å²) in [6.45, 7) is 2.39. The number of nitrogen functional groups attached to an aromatic ring is 1. The fraction of sp³-hybridized carbons (Fsp3) is 0.222. The highest BCUT2D eigenvalue weighted by molar-refractivity contribution is 7.89. The number of nitrogens with zero attached hydrogens (tertiary/aromatic N) is 1. The molecule has 5 N–H and O–H groups in total. The van der Waals surface area contributed by atoms with E-state index >= 15 is 0 Å². The fourth-order valence-electron chi connectivity index (χ4n) is 1.35. The van der Waals surface area contributed by atoms with Gasteiger partial charge in [-0.05, 0) is 19.1 Å². The average molecular weight is 240 g/mol. The van der Waals surface area contributed by atoms with Crippen LogP contribution in [0.25, 0.3) is 0 Å². The third kappa shape index (κ3) is 2.24. The first kappa shape index (κ1) is 12.3. The van der Waals surface area contributed by atoms with Crippen molar-refractivity contribution < 1.29 is 8.42 Å². The van der Waals surface area contributed by atoms with Crippen LogP contribution in [0.5, 0.6) is 0 Å². The van der Waals surface area contributed by atoms with Crippen molar-refractivity contribution in [1.82, 2.24) is 0 Å². The Kier molecular flexibility index (Phi) is 3.37. The average Bonchev–Trinajstić information content (AvgIpc) is 2.18. The second-order valence-electron chi connectivity index (χ2n) is 3.09. The minimum absolute atomic E-state index is 0.0271. The van der Waals surface area contributed by atoms with E-state index in [0.29, 0.717) is 12.2 Å². The topological polar surface area (TPSA) is 122 Å². The van der Waals surface area contributed by atoms with Gasteiger partial charge >= 0.3 is 0 Å². The van der Waals surface area contributed by atoms with Gasteiger partial charge in [-0.15, -0.1) is 0 Å². The van der Waals surface area contributed by atoms with E-state index in [1.807, 2.05) is 6.92 Å². The molecule has 0 saturated heterocycles. The molecule has 1 aromatic carbocycles. The van der Waals surface area contributed by atoms with E-state index in [2.05, 4.69) is 5.32 Å². The van der Waals surface area contributed by atoms with Crippen molar-refractivity contribution in [1.29, 1.82) is 5.26 Å². The van der Waals surface area contributed by atoms with E-state index in [4.69, 9.17) is 16.1 Å². The van der Waals surface area contributed by atoms with Gasteiger partial charge in [0.25, 0.3) is 0 Å². The van der Waals surface area contributed by atoms with E-state index in [-0.39, 0.29) is 16.1 Å². The monoisotopic (exact) mass is 240 g/mol. The van der Waals surface area contributed by atoms with Crippen molar-refractivity contribution in [3.05, 3.63) is 17.7 Å². The number of hydrogen-bond donors (Lipinski definition) is 3. The largest absolute Gasteiger partial charge is 0.398 e. The van der Waals surface area contributed by atoms with E-state index in [9.17, 15) is 8.42 Å². The Hall–Kier alpha value is -1.78. The SMILES string of the molecule is CCNc1ccc(N)c(S(N)(=O)=O)c1C#N. The summed E-state index contributed by atoms with van der Waals surface area (Å²) in [7, 11) is -4.00. The molecule has 0 fully saturated rings. The van der Waals surface area contributed by atoms with Crippen molar-refractivity contribution in [2.45, 2.75) is 11.8 Å². The molecule has 0 aliphatic rings. The predicted molar refractivity (Wildman–Crippen MR) is 61.1 cm³/mol. The molecule has 0 spiro atoms. The van der Waals surface area contributed by atoms with E-state index in [1.165, 1.54) is 6.07 Å². The van der Waals surface area contributed by atoms with Crippen LogP contribution in [0.4, 0.5) is 11.4 Å². The van der Waals surface area contributed by atoms with Crippen molar-refractivity contribution in [2.75, 3.05) is 17.6 Å². The second kappa shape index (κ2) is 4.38. The Bertz CT molecular complexity index is 545. The second-order valence-corrected chi connectivity index (χ2v) is 4.59. The normalized spacial score (nSPS) is 10.8. The minimum Gasteiger partial charge on any atom is -0.398 e. The van der Waals surface area contributed by atoms with Crippen molar-refractivity contribution in [3.63, 3.8) is 0 Å². The van der Waals surface area contributed by atoms with Gasteiger partial charge in [0.1, 0.15) is 11.0 Å². The number of anilines is 2. The predicted octanol–water partition coefficient (Wildman–Crippen LogP) is 0.220. The molecule has 0 unspecified atom stereocenters. The van der Waals surface area contributed by atoms with Crippen LogP contribution in [-0.2, 0) is 10.0 Å². The summed E-state index contributed by atoms with van der Waals surface area (Å²) in [6, 6.07) is 4.74. The van der Waals surface area contributed by atoms with E-state index in [0.717, 1.165) is 0 Å². The number of primary sulfonamides is 1. The van der Waals surface area contributed by atoms with Crippen LogP contribution in [-0.4, -0.2) is 15.0 Å². The highest BCUT2D eigenvalue weighted by Gasteiger charge is 2.20. The summed E-state index contributed by atoms with van der Waals surface area (Å²) in [4.78, 5) is -0.326.